The smallest absolute Gasteiger partial charge is 0.243 e. The van der Waals surface area contributed by atoms with Crippen LogP contribution in [0, 0.1) is 6.92 Å². The zero-order valence-corrected chi connectivity index (χ0v) is 21.6. The lowest BCUT2D eigenvalue weighted by Gasteiger charge is -2.31. The van der Waals surface area contributed by atoms with E-state index >= 15 is 0 Å². The Balaban J connectivity index is 2.19. The van der Waals surface area contributed by atoms with Crippen molar-refractivity contribution in [2.24, 2.45) is 0 Å². The standard InChI is InChI=1S/C29H42N2O2/c1-8-22(4)30-28(33)26(9-2)31(20-24-12-10-21(3)11-13-24)27(32)19-16-23-14-17-25(18-15-23)29(5,6)7/h10-15,17-18,22,26H,8-9,16,19-20H2,1-7H3,(H,30,33)/t22-,26-/m1/s1. The fraction of sp³-hybridized carbons (Fsp3) is 0.517. The fourth-order valence-electron chi connectivity index (χ4n) is 3.82. The summed E-state index contributed by atoms with van der Waals surface area (Å²) in [4.78, 5) is 28.2. The maximum absolute atomic E-state index is 13.4. The Morgan fingerprint density at radius 3 is 2.00 bits per heavy atom. The summed E-state index contributed by atoms with van der Waals surface area (Å²) in [6.07, 6.45) is 2.49. The largest absolute Gasteiger partial charge is 0.352 e. The molecule has 2 atom stereocenters. The van der Waals surface area contributed by atoms with E-state index in [9.17, 15) is 9.59 Å². The van der Waals surface area contributed by atoms with E-state index in [-0.39, 0.29) is 23.3 Å². The third kappa shape index (κ3) is 8.03. The summed E-state index contributed by atoms with van der Waals surface area (Å²) < 4.78 is 0. The molecule has 0 radical (unpaired) electrons. The number of rotatable bonds is 10. The lowest BCUT2D eigenvalue weighted by molar-refractivity contribution is -0.141. The van der Waals surface area contributed by atoms with Crippen molar-refractivity contribution in [3.63, 3.8) is 0 Å². The van der Waals surface area contributed by atoms with Crippen LogP contribution in [0.5, 0.6) is 0 Å². The van der Waals surface area contributed by atoms with Crippen LogP contribution >= 0.6 is 0 Å². The molecule has 2 rings (SSSR count). The Morgan fingerprint density at radius 1 is 0.909 bits per heavy atom. The molecule has 2 amide bonds. The monoisotopic (exact) mass is 450 g/mol. The van der Waals surface area contributed by atoms with Gasteiger partial charge in [0.05, 0.1) is 0 Å². The molecule has 0 aliphatic carbocycles. The molecular formula is C29H42N2O2. The number of hydrogen-bond donors (Lipinski definition) is 1. The molecule has 0 fully saturated rings. The molecule has 0 aliphatic heterocycles. The highest BCUT2D eigenvalue weighted by Gasteiger charge is 2.29. The van der Waals surface area contributed by atoms with Crippen LogP contribution in [0.3, 0.4) is 0 Å². The highest BCUT2D eigenvalue weighted by Crippen LogP contribution is 2.23. The van der Waals surface area contributed by atoms with E-state index in [2.05, 4.69) is 62.5 Å². The van der Waals surface area contributed by atoms with E-state index < -0.39 is 6.04 Å². The summed E-state index contributed by atoms with van der Waals surface area (Å²) in [6, 6.07) is 16.3. The number of aryl methyl sites for hydroxylation is 2. The van der Waals surface area contributed by atoms with Crippen LogP contribution in [-0.4, -0.2) is 28.8 Å². The molecule has 4 nitrogen and oxygen atoms in total. The number of nitrogens with one attached hydrogen (secondary N) is 1. The van der Waals surface area contributed by atoms with Gasteiger partial charge in [-0.15, -0.1) is 0 Å². The molecule has 2 aromatic carbocycles. The highest BCUT2D eigenvalue weighted by molar-refractivity contribution is 5.87. The van der Waals surface area contributed by atoms with Gasteiger partial charge in [0, 0.05) is 19.0 Å². The van der Waals surface area contributed by atoms with Crippen molar-refractivity contribution in [2.45, 2.75) is 98.2 Å². The first kappa shape index (κ1) is 26.6. The third-order valence-electron chi connectivity index (χ3n) is 6.31. The molecular weight excluding hydrogens is 408 g/mol. The number of carbonyl (C=O) groups excluding carboxylic acids is 2. The first-order chi connectivity index (χ1) is 15.5. The molecule has 4 heteroatoms. The highest BCUT2D eigenvalue weighted by atomic mass is 16.2. The lowest BCUT2D eigenvalue weighted by atomic mass is 9.86. The van der Waals surface area contributed by atoms with Gasteiger partial charge in [0.25, 0.3) is 0 Å². The van der Waals surface area contributed by atoms with E-state index in [0.717, 1.165) is 17.5 Å². The van der Waals surface area contributed by atoms with Crippen molar-refractivity contribution >= 4 is 11.8 Å². The zero-order chi connectivity index (χ0) is 24.6. The fourth-order valence-corrected chi connectivity index (χ4v) is 3.82. The van der Waals surface area contributed by atoms with Crippen LogP contribution in [0.2, 0.25) is 0 Å². The van der Waals surface area contributed by atoms with Crippen molar-refractivity contribution in [2.75, 3.05) is 0 Å². The average Bonchev–Trinajstić information content (AvgIpc) is 2.78. The van der Waals surface area contributed by atoms with E-state index in [1.54, 1.807) is 4.90 Å². The second-order valence-electron chi connectivity index (χ2n) is 10.2. The quantitative estimate of drug-likeness (QED) is 0.486. The number of amides is 2. The Labute approximate surface area is 200 Å². The van der Waals surface area contributed by atoms with E-state index in [1.807, 2.05) is 39.8 Å². The first-order valence-corrected chi connectivity index (χ1v) is 12.3. The van der Waals surface area contributed by atoms with Crippen molar-refractivity contribution in [3.8, 4) is 0 Å². The molecule has 0 heterocycles. The molecule has 0 aliphatic rings. The molecule has 180 valence electrons. The predicted molar refractivity (Wildman–Crippen MR) is 137 cm³/mol. The van der Waals surface area contributed by atoms with E-state index in [4.69, 9.17) is 0 Å². The van der Waals surface area contributed by atoms with Crippen LogP contribution in [-0.2, 0) is 28.0 Å². The maximum atomic E-state index is 13.4. The molecule has 33 heavy (non-hydrogen) atoms. The summed E-state index contributed by atoms with van der Waals surface area (Å²) in [5.74, 6) is -0.0523. The predicted octanol–water partition coefficient (Wildman–Crippen LogP) is 5.95. The summed E-state index contributed by atoms with van der Waals surface area (Å²) >= 11 is 0. The molecule has 0 aromatic heterocycles. The Kier molecular flexibility index (Phi) is 9.70. The second kappa shape index (κ2) is 12.0. The second-order valence-corrected chi connectivity index (χ2v) is 10.2. The van der Waals surface area contributed by atoms with Crippen molar-refractivity contribution in [1.29, 1.82) is 0 Å². The molecule has 0 unspecified atom stereocenters. The molecule has 2 aromatic rings. The Morgan fingerprint density at radius 2 is 1.48 bits per heavy atom. The van der Waals surface area contributed by atoms with Crippen LogP contribution in [0.25, 0.3) is 0 Å². The van der Waals surface area contributed by atoms with Gasteiger partial charge >= 0.3 is 0 Å². The summed E-state index contributed by atoms with van der Waals surface area (Å²) in [5, 5.41) is 3.07. The van der Waals surface area contributed by atoms with Crippen molar-refractivity contribution in [3.05, 3.63) is 70.8 Å². The van der Waals surface area contributed by atoms with Gasteiger partial charge in [-0.05, 0) is 55.2 Å². The molecule has 0 saturated heterocycles. The van der Waals surface area contributed by atoms with E-state index in [0.29, 0.717) is 25.8 Å². The minimum atomic E-state index is -0.476. The Bertz CT molecular complexity index is 895. The third-order valence-corrected chi connectivity index (χ3v) is 6.31. The van der Waals surface area contributed by atoms with Gasteiger partial charge in [-0.25, -0.2) is 0 Å². The number of hydrogen-bond acceptors (Lipinski definition) is 2. The van der Waals surface area contributed by atoms with Crippen molar-refractivity contribution in [1.82, 2.24) is 10.2 Å². The normalized spacial score (nSPS) is 13.3. The topological polar surface area (TPSA) is 49.4 Å². The van der Waals surface area contributed by atoms with Crippen LogP contribution in [0.15, 0.2) is 48.5 Å². The van der Waals surface area contributed by atoms with Gasteiger partial charge < -0.3 is 10.2 Å². The van der Waals surface area contributed by atoms with Crippen LogP contribution in [0.1, 0.15) is 83.1 Å². The van der Waals surface area contributed by atoms with Gasteiger partial charge in [-0.2, -0.15) is 0 Å². The number of benzene rings is 2. The minimum absolute atomic E-state index is 0.0154. The molecule has 0 saturated carbocycles. The van der Waals surface area contributed by atoms with Gasteiger partial charge in [-0.1, -0.05) is 88.7 Å². The SMILES string of the molecule is CC[C@@H](C)NC(=O)[C@@H](CC)N(Cc1ccc(C)cc1)C(=O)CCc1ccc(C(C)(C)C)cc1. The van der Waals surface area contributed by atoms with Gasteiger partial charge in [0.1, 0.15) is 6.04 Å². The lowest BCUT2D eigenvalue weighted by Crippen LogP contribution is -2.50. The minimum Gasteiger partial charge on any atom is -0.352 e. The first-order valence-electron chi connectivity index (χ1n) is 12.3. The number of nitrogens with zero attached hydrogens (tertiary/aromatic N) is 1. The molecule has 0 spiro atoms. The number of carbonyl (C=O) groups is 2. The molecule has 0 bridgehead atoms. The van der Waals surface area contributed by atoms with Gasteiger partial charge in [0.15, 0.2) is 0 Å². The average molecular weight is 451 g/mol. The Hall–Kier alpha value is -2.62. The van der Waals surface area contributed by atoms with Gasteiger partial charge in [0.2, 0.25) is 11.8 Å². The van der Waals surface area contributed by atoms with Crippen LogP contribution < -0.4 is 5.32 Å². The van der Waals surface area contributed by atoms with Gasteiger partial charge in [-0.3, -0.25) is 9.59 Å². The molecule has 1 N–H and O–H groups in total. The maximum Gasteiger partial charge on any atom is 0.243 e. The summed E-state index contributed by atoms with van der Waals surface area (Å²) in [6.45, 7) is 15.1. The summed E-state index contributed by atoms with van der Waals surface area (Å²) in [5.41, 5.74) is 4.75. The zero-order valence-electron chi connectivity index (χ0n) is 21.6. The summed E-state index contributed by atoms with van der Waals surface area (Å²) in [7, 11) is 0. The van der Waals surface area contributed by atoms with Crippen LogP contribution in [0.4, 0.5) is 0 Å². The van der Waals surface area contributed by atoms with Crippen molar-refractivity contribution < 1.29 is 9.59 Å². The van der Waals surface area contributed by atoms with E-state index in [1.165, 1.54) is 11.1 Å².